The molecule has 0 aliphatic rings. The van der Waals surface area contributed by atoms with Gasteiger partial charge in [0, 0.05) is 0 Å². The number of hydrogen-bond donors (Lipinski definition) is 0. The van der Waals surface area contributed by atoms with Gasteiger partial charge in [-0.05, 0) is 25.0 Å². The molecule has 0 bridgehead atoms. The summed E-state index contributed by atoms with van der Waals surface area (Å²) < 4.78 is 0. The quantitative estimate of drug-likeness (QED) is 0.596. The lowest BCUT2D eigenvalue weighted by Gasteiger charge is -2.04. The van der Waals surface area contributed by atoms with E-state index in [0.29, 0.717) is 10.2 Å². The molecule has 0 radical (unpaired) electrons. The molecular weight excluding hydrogens is 204 g/mol. The lowest BCUT2D eigenvalue weighted by atomic mass is 10.2. The molecule has 4 heteroatoms. The van der Waals surface area contributed by atoms with Crippen LogP contribution in [0.15, 0.2) is 0 Å². The Bertz CT molecular complexity index is 270. The van der Waals surface area contributed by atoms with E-state index in [2.05, 4.69) is 4.98 Å². The van der Waals surface area contributed by atoms with Gasteiger partial charge in [0.25, 0.3) is 0 Å². The number of nitrogens with zero attached hydrogens (tertiary/aromatic N) is 1. The molecule has 1 aromatic heterocycles. The lowest BCUT2D eigenvalue weighted by Crippen LogP contribution is -1.89. The second-order valence-electron chi connectivity index (χ2n) is 2.26. The maximum absolute atomic E-state index is 5.80. The smallest absolute Gasteiger partial charge is 0.149 e. The summed E-state index contributed by atoms with van der Waals surface area (Å²) in [7, 11) is 0. The maximum Gasteiger partial charge on any atom is 0.149 e. The van der Waals surface area contributed by atoms with E-state index < -0.39 is 0 Å². The first-order valence-electron chi connectivity index (χ1n) is 3.01. The summed E-state index contributed by atoms with van der Waals surface area (Å²) in [6.07, 6.45) is 0. The molecule has 1 heterocycles. The van der Waals surface area contributed by atoms with Crippen LogP contribution in [-0.2, 0) is 0 Å². The van der Waals surface area contributed by atoms with E-state index in [1.165, 1.54) is 0 Å². The highest BCUT2D eigenvalue weighted by molar-refractivity contribution is 6.42. The van der Waals surface area contributed by atoms with Crippen LogP contribution in [0.1, 0.15) is 11.1 Å². The van der Waals surface area contributed by atoms with E-state index in [1.54, 1.807) is 0 Å². The summed E-state index contributed by atoms with van der Waals surface area (Å²) >= 11 is 17.2. The summed E-state index contributed by atoms with van der Waals surface area (Å²) in [4.78, 5) is 3.83. The average Bonchev–Trinajstić information content (AvgIpc) is 1.97. The SMILES string of the molecule is Cc1c(Cl)nc(Cl)c(Cl)c1C. The van der Waals surface area contributed by atoms with Crippen molar-refractivity contribution in [3.05, 3.63) is 26.5 Å². The molecule has 0 aromatic carbocycles. The van der Waals surface area contributed by atoms with E-state index in [-0.39, 0.29) is 5.15 Å². The molecule has 0 saturated heterocycles. The molecule has 0 atom stereocenters. The van der Waals surface area contributed by atoms with Crippen molar-refractivity contribution in [1.82, 2.24) is 4.98 Å². The molecule has 0 aliphatic carbocycles. The highest BCUT2D eigenvalue weighted by Gasteiger charge is 2.08. The van der Waals surface area contributed by atoms with Crippen LogP contribution in [0.3, 0.4) is 0 Å². The molecule has 0 N–H and O–H groups in total. The van der Waals surface area contributed by atoms with E-state index in [9.17, 15) is 0 Å². The van der Waals surface area contributed by atoms with Crippen molar-refractivity contribution in [2.45, 2.75) is 13.8 Å². The van der Waals surface area contributed by atoms with Crippen LogP contribution in [0, 0.1) is 13.8 Å². The third-order valence-electron chi connectivity index (χ3n) is 1.58. The molecule has 0 unspecified atom stereocenters. The predicted octanol–water partition coefficient (Wildman–Crippen LogP) is 3.66. The number of halogens is 3. The summed E-state index contributed by atoms with van der Waals surface area (Å²) in [5.41, 5.74) is 1.76. The van der Waals surface area contributed by atoms with Gasteiger partial charge in [-0.3, -0.25) is 0 Å². The Kier molecular flexibility index (Phi) is 2.63. The van der Waals surface area contributed by atoms with Crippen LogP contribution in [0.2, 0.25) is 15.3 Å². The second-order valence-corrected chi connectivity index (χ2v) is 3.35. The lowest BCUT2D eigenvalue weighted by molar-refractivity contribution is 1.22. The van der Waals surface area contributed by atoms with Gasteiger partial charge in [-0.1, -0.05) is 34.8 Å². The summed E-state index contributed by atoms with van der Waals surface area (Å²) in [6.45, 7) is 3.71. The van der Waals surface area contributed by atoms with Crippen molar-refractivity contribution < 1.29 is 0 Å². The zero-order valence-electron chi connectivity index (χ0n) is 6.08. The Hall–Kier alpha value is 0.0200. The summed E-state index contributed by atoms with van der Waals surface area (Å²) in [5.74, 6) is 0. The van der Waals surface area contributed by atoms with Crippen LogP contribution < -0.4 is 0 Å². The van der Waals surface area contributed by atoms with Crippen molar-refractivity contribution >= 4 is 34.8 Å². The zero-order chi connectivity index (χ0) is 8.59. The molecule has 11 heavy (non-hydrogen) atoms. The van der Waals surface area contributed by atoms with E-state index >= 15 is 0 Å². The highest BCUT2D eigenvalue weighted by atomic mass is 35.5. The number of aromatic nitrogens is 1. The predicted molar refractivity (Wildman–Crippen MR) is 48.7 cm³/mol. The van der Waals surface area contributed by atoms with Crippen LogP contribution in [0.4, 0.5) is 0 Å². The molecule has 0 fully saturated rings. The second kappa shape index (κ2) is 3.18. The van der Waals surface area contributed by atoms with Crippen LogP contribution in [-0.4, -0.2) is 4.98 Å². The standard InChI is InChI=1S/C7H6Cl3N/c1-3-4(2)6(9)11-7(10)5(3)8/h1-2H3. The van der Waals surface area contributed by atoms with Crippen LogP contribution in [0.25, 0.3) is 0 Å². The van der Waals surface area contributed by atoms with Gasteiger partial charge < -0.3 is 0 Å². The Morgan fingerprint density at radius 1 is 0.909 bits per heavy atom. The minimum Gasteiger partial charge on any atom is -0.223 e. The van der Waals surface area contributed by atoms with E-state index in [0.717, 1.165) is 11.1 Å². The number of pyridine rings is 1. The van der Waals surface area contributed by atoms with E-state index in [4.69, 9.17) is 34.8 Å². The monoisotopic (exact) mass is 209 g/mol. The third kappa shape index (κ3) is 1.61. The Morgan fingerprint density at radius 2 is 1.45 bits per heavy atom. The molecule has 0 amide bonds. The van der Waals surface area contributed by atoms with Crippen LogP contribution >= 0.6 is 34.8 Å². The number of hydrogen-bond acceptors (Lipinski definition) is 1. The fourth-order valence-corrected chi connectivity index (χ4v) is 1.37. The van der Waals surface area contributed by atoms with E-state index in [1.807, 2.05) is 13.8 Å². The minimum absolute atomic E-state index is 0.264. The molecule has 1 nitrogen and oxygen atoms in total. The van der Waals surface area contributed by atoms with Gasteiger partial charge in [-0.15, -0.1) is 0 Å². The number of rotatable bonds is 0. The summed E-state index contributed by atoms with van der Waals surface area (Å²) in [5, 5.41) is 1.16. The third-order valence-corrected chi connectivity index (χ3v) is 2.78. The normalized spacial score (nSPS) is 10.3. The molecule has 1 rings (SSSR count). The molecular formula is C7H6Cl3N. The molecule has 60 valence electrons. The first-order valence-corrected chi connectivity index (χ1v) is 4.15. The fourth-order valence-electron chi connectivity index (χ4n) is 0.693. The van der Waals surface area contributed by atoms with Crippen molar-refractivity contribution in [3.63, 3.8) is 0 Å². The highest BCUT2D eigenvalue weighted by Crippen LogP contribution is 2.29. The Morgan fingerprint density at radius 3 is 2.00 bits per heavy atom. The zero-order valence-corrected chi connectivity index (χ0v) is 8.35. The summed E-state index contributed by atoms with van der Waals surface area (Å²) in [6, 6.07) is 0. The topological polar surface area (TPSA) is 12.9 Å². The van der Waals surface area contributed by atoms with Gasteiger partial charge in [-0.25, -0.2) is 4.98 Å². The van der Waals surface area contributed by atoms with Gasteiger partial charge in [0.1, 0.15) is 10.3 Å². The van der Waals surface area contributed by atoms with Gasteiger partial charge in [0.15, 0.2) is 0 Å². The molecule has 0 spiro atoms. The maximum atomic E-state index is 5.80. The van der Waals surface area contributed by atoms with Gasteiger partial charge in [0.2, 0.25) is 0 Å². The molecule has 0 aliphatic heterocycles. The molecule has 1 aromatic rings. The molecule has 0 saturated carbocycles. The van der Waals surface area contributed by atoms with Gasteiger partial charge >= 0.3 is 0 Å². The Balaban J connectivity index is 3.46. The first kappa shape index (κ1) is 9.11. The van der Waals surface area contributed by atoms with Crippen LogP contribution in [0.5, 0.6) is 0 Å². The van der Waals surface area contributed by atoms with Crippen molar-refractivity contribution in [3.8, 4) is 0 Å². The van der Waals surface area contributed by atoms with Crippen molar-refractivity contribution in [2.75, 3.05) is 0 Å². The minimum atomic E-state index is 0.264. The fraction of sp³-hybridized carbons (Fsp3) is 0.286. The van der Waals surface area contributed by atoms with Gasteiger partial charge in [0.05, 0.1) is 5.02 Å². The van der Waals surface area contributed by atoms with Crippen molar-refractivity contribution in [1.29, 1.82) is 0 Å². The first-order chi connectivity index (χ1) is 5.04. The van der Waals surface area contributed by atoms with Crippen molar-refractivity contribution in [2.24, 2.45) is 0 Å². The largest absolute Gasteiger partial charge is 0.223 e. The average molecular weight is 210 g/mol. The van der Waals surface area contributed by atoms with Gasteiger partial charge in [-0.2, -0.15) is 0 Å². The Labute approximate surface area is 80.3 Å².